The maximum Gasteiger partial charge on any atom is 0.340 e. The molecule has 0 bridgehead atoms. The van der Waals surface area contributed by atoms with Crippen LogP contribution in [0.4, 0.5) is 0 Å². The van der Waals surface area contributed by atoms with Crippen molar-refractivity contribution in [2.75, 3.05) is 13.2 Å². The number of rotatable bonds is 9. The number of carbonyl (C=O) groups is 3. The fourth-order valence-electron chi connectivity index (χ4n) is 3.25. The van der Waals surface area contributed by atoms with Gasteiger partial charge in [0.2, 0.25) is 0 Å². The Morgan fingerprint density at radius 2 is 1.76 bits per heavy atom. The number of carbonyl (C=O) groups excluding carboxylic acids is 3. The Labute approximate surface area is 179 Å². The number of ether oxygens (including phenoxy) is 2. The Hall–Kier alpha value is -2.31. The van der Waals surface area contributed by atoms with Crippen LogP contribution in [0.5, 0.6) is 0 Å². The van der Waals surface area contributed by atoms with E-state index in [1.165, 1.54) is 4.57 Å². The molecule has 0 unspecified atom stereocenters. The number of nitrogens with zero attached hydrogens (tertiary/aromatic N) is 1. The summed E-state index contributed by atoms with van der Waals surface area (Å²) < 4.78 is 11.7. The lowest BCUT2D eigenvalue weighted by atomic mass is 9.99. The van der Waals surface area contributed by atoms with Gasteiger partial charge in [-0.05, 0) is 61.5 Å². The second-order valence-electron chi connectivity index (χ2n) is 6.31. The summed E-state index contributed by atoms with van der Waals surface area (Å²) in [5.41, 5.74) is 2.08. The van der Waals surface area contributed by atoms with Crippen LogP contribution in [0.3, 0.4) is 0 Å². The number of hydrogen-bond acceptors (Lipinski definition) is 5. The van der Waals surface area contributed by atoms with Crippen LogP contribution in [0.15, 0.2) is 24.3 Å². The van der Waals surface area contributed by atoms with Gasteiger partial charge in [-0.3, -0.25) is 9.59 Å². The van der Waals surface area contributed by atoms with Crippen molar-refractivity contribution in [3.8, 4) is 0 Å². The highest BCUT2D eigenvalue weighted by Crippen LogP contribution is 2.28. The summed E-state index contributed by atoms with van der Waals surface area (Å²) in [6, 6.07) is 7.31. The normalized spacial score (nSPS) is 10.7. The lowest BCUT2D eigenvalue weighted by Crippen LogP contribution is -2.16. The minimum absolute atomic E-state index is 0.157. The third-order valence-corrected chi connectivity index (χ3v) is 4.87. The van der Waals surface area contributed by atoms with Crippen molar-refractivity contribution in [1.29, 1.82) is 0 Å². The SMILES string of the molecule is CCOC(=O)Cc1c(C(=O)OCC)c(CCc2cccc(Cl)c2)c(C(=O)Cl)n1C. The molecule has 0 atom stereocenters. The molecule has 0 saturated heterocycles. The first-order chi connectivity index (χ1) is 13.8. The Kier molecular flexibility index (Phi) is 8.29. The molecule has 2 aromatic rings. The molecule has 1 aromatic carbocycles. The summed E-state index contributed by atoms with van der Waals surface area (Å²) in [5.74, 6) is -1.11. The van der Waals surface area contributed by atoms with Crippen LogP contribution in [0.2, 0.25) is 5.02 Å². The molecule has 0 amide bonds. The van der Waals surface area contributed by atoms with E-state index in [1.54, 1.807) is 27.0 Å². The van der Waals surface area contributed by atoms with Crippen LogP contribution >= 0.6 is 23.2 Å². The molecule has 0 aliphatic carbocycles. The Morgan fingerprint density at radius 3 is 2.34 bits per heavy atom. The first kappa shape index (κ1) is 23.0. The molecular weight excluding hydrogens is 417 g/mol. The van der Waals surface area contributed by atoms with E-state index in [4.69, 9.17) is 32.7 Å². The Balaban J connectivity index is 2.53. The zero-order valence-electron chi connectivity index (χ0n) is 16.6. The van der Waals surface area contributed by atoms with Crippen LogP contribution in [0.1, 0.15) is 51.5 Å². The van der Waals surface area contributed by atoms with Crippen molar-refractivity contribution >= 4 is 40.4 Å². The number of hydrogen-bond donors (Lipinski definition) is 0. The highest BCUT2D eigenvalue weighted by Gasteiger charge is 2.30. The van der Waals surface area contributed by atoms with Gasteiger partial charge in [0.1, 0.15) is 5.69 Å². The maximum absolute atomic E-state index is 12.7. The standard InChI is InChI=1S/C21H23Cl2NO5/c1-4-28-17(25)12-16-18(21(27)29-5-2)15(19(20(23)26)24(16)3)10-9-13-7-6-8-14(22)11-13/h6-8,11H,4-5,9-10,12H2,1-3H3. The predicted octanol–water partition coefficient (Wildman–Crippen LogP) is 4.13. The molecule has 0 fully saturated rings. The summed E-state index contributed by atoms with van der Waals surface area (Å²) in [6.07, 6.45) is 0.693. The highest BCUT2D eigenvalue weighted by molar-refractivity contribution is 6.67. The van der Waals surface area contributed by atoms with Gasteiger partial charge in [-0.25, -0.2) is 4.79 Å². The average molecular weight is 440 g/mol. The molecule has 0 radical (unpaired) electrons. The maximum atomic E-state index is 12.7. The van der Waals surface area contributed by atoms with Crippen LogP contribution < -0.4 is 0 Å². The molecule has 156 valence electrons. The van der Waals surface area contributed by atoms with E-state index in [1.807, 2.05) is 18.2 Å². The molecule has 1 heterocycles. The molecule has 2 rings (SSSR count). The van der Waals surface area contributed by atoms with Crippen molar-refractivity contribution < 1.29 is 23.9 Å². The summed E-state index contributed by atoms with van der Waals surface area (Å²) >= 11 is 11.9. The minimum Gasteiger partial charge on any atom is -0.466 e. The highest BCUT2D eigenvalue weighted by atomic mass is 35.5. The smallest absolute Gasteiger partial charge is 0.340 e. The number of esters is 2. The molecule has 0 aliphatic heterocycles. The topological polar surface area (TPSA) is 74.6 Å². The van der Waals surface area contributed by atoms with Gasteiger partial charge in [-0.2, -0.15) is 0 Å². The zero-order valence-corrected chi connectivity index (χ0v) is 18.1. The van der Waals surface area contributed by atoms with Gasteiger partial charge in [0.25, 0.3) is 5.24 Å². The quantitative estimate of drug-likeness (QED) is 0.433. The van der Waals surface area contributed by atoms with Crippen molar-refractivity contribution in [3.63, 3.8) is 0 Å². The lowest BCUT2D eigenvalue weighted by Gasteiger charge is -2.08. The molecule has 0 saturated carbocycles. The van der Waals surface area contributed by atoms with E-state index in [-0.39, 0.29) is 30.9 Å². The predicted molar refractivity (Wildman–Crippen MR) is 111 cm³/mol. The van der Waals surface area contributed by atoms with E-state index in [9.17, 15) is 14.4 Å². The zero-order chi connectivity index (χ0) is 21.6. The second kappa shape index (κ2) is 10.5. The lowest BCUT2D eigenvalue weighted by molar-refractivity contribution is -0.142. The average Bonchev–Trinajstić information content (AvgIpc) is 2.92. The van der Waals surface area contributed by atoms with Crippen molar-refractivity contribution in [2.45, 2.75) is 33.1 Å². The van der Waals surface area contributed by atoms with Gasteiger partial charge < -0.3 is 14.0 Å². The van der Waals surface area contributed by atoms with Crippen LogP contribution in [0.25, 0.3) is 0 Å². The van der Waals surface area contributed by atoms with Gasteiger partial charge in [-0.15, -0.1) is 0 Å². The third kappa shape index (κ3) is 5.61. The molecule has 8 heteroatoms. The molecule has 1 aromatic heterocycles. The first-order valence-corrected chi connectivity index (χ1v) is 10.0. The fraction of sp³-hybridized carbons (Fsp3) is 0.381. The number of halogens is 2. The molecular formula is C21H23Cl2NO5. The van der Waals surface area contributed by atoms with Crippen molar-refractivity contribution in [1.82, 2.24) is 4.57 Å². The van der Waals surface area contributed by atoms with E-state index < -0.39 is 17.2 Å². The van der Waals surface area contributed by atoms with E-state index in [0.29, 0.717) is 29.1 Å². The second-order valence-corrected chi connectivity index (χ2v) is 7.09. The van der Waals surface area contributed by atoms with Gasteiger partial charge in [0.05, 0.1) is 25.2 Å². The molecule has 0 aliphatic rings. The molecule has 0 N–H and O–H groups in total. The van der Waals surface area contributed by atoms with Gasteiger partial charge >= 0.3 is 11.9 Å². The molecule has 29 heavy (non-hydrogen) atoms. The number of aryl methyl sites for hydroxylation is 1. The Morgan fingerprint density at radius 1 is 1.07 bits per heavy atom. The van der Waals surface area contributed by atoms with E-state index in [2.05, 4.69) is 0 Å². The number of aromatic nitrogens is 1. The fourth-order valence-corrected chi connectivity index (χ4v) is 3.71. The van der Waals surface area contributed by atoms with Crippen molar-refractivity contribution in [3.05, 3.63) is 57.4 Å². The summed E-state index contributed by atoms with van der Waals surface area (Å²) in [4.78, 5) is 37.0. The van der Waals surface area contributed by atoms with Crippen LogP contribution in [0, 0.1) is 0 Å². The van der Waals surface area contributed by atoms with Gasteiger partial charge in [0.15, 0.2) is 0 Å². The monoisotopic (exact) mass is 439 g/mol. The van der Waals surface area contributed by atoms with E-state index >= 15 is 0 Å². The van der Waals surface area contributed by atoms with E-state index in [0.717, 1.165) is 5.56 Å². The van der Waals surface area contributed by atoms with Crippen LogP contribution in [-0.4, -0.2) is 35.0 Å². The summed E-state index contributed by atoms with van der Waals surface area (Å²) in [5, 5.41) is -0.118. The molecule has 0 spiro atoms. The minimum atomic E-state index is -0.714. The summed E-state index contributed by atoms with van der Waals surface area (Å²) in [6.45, 7) is 3.75. The third-order valence-electron chi connectivity index (χ3n) is 4.45. The van der Waals surface area contributed by atoms with Crippen molar-refractivity contribution in [2.24, 2.45) is 7.05 Å². The number of benzene rings is 1. The molecule has 6 nitrogen and oxygen atoms in total. The Bertz CT molecular complexity index is 920. The van der Waals surface area contributed by atoms with Crippen LogP contribution in [-0.2, 0) is 40.6 Å². The van der Waals surface area contributed by atoms with Gasteiger partial charge in [-0.1, -0.05) is 23.7 Å². The largest absolute Gasteiger partial charge is 0.466 e. The first-order valence-electron chi connectivity index (χ1n) is 9.27. The summed E-state index contributed by atoms with van der Waals surface area (Å²) in [7, 11) is 1.59. The van der Waals surface area contributed by atoms with Gasteiger partial charge in [0, 0.05) is 17.8 Å².